The molecule has 30 heavy (non-hydrogen) atoms. The molecule has 0 bridgehead atoms. The van der Waals surface area contributed by atoms with Gasteiger partial charge in [0.1, 0.15) is 0 Å². The lowest BCUT2D eigenvalue weighted by Gasteiger charge is -2.32. The Morgan fingerprint density at radius 3 is 2.87 bits per heavy atom. The van der Waals surface area contributed by atoms with E-state index in [1.807, 2.05) is 6.92 Å². The molecular formula is C21H23FN4O4. The van der Waals surface area contributed by atoms with Crippen molar-refractivity contribution in [1.29, 1.82) is 0 Å². The molecule has 1 fully saturated rings. The van der Waals surface area contributed by atoms with Crippen LogP contribution in [0.25, 0.3) is 11.1 Å². The predicted octanol–water partition coefficient (Wildman–Crippen LogP) is 4.35. The van der Waals surface area contributed by atoms with E-state index < -0.39 is 4.92 Å². The molecule has 1 aromatic heterocycles. The summed E-state index contributed by atoms with van der Waals surface area (Å²) in [5, 5.41) is 14.4. The van der Waals surface area contributed by atoms with Gasteiger partial charge < -0.3 is 14.5 Å². The van der Waals surface area contributed by atoms with Gasteiger partial charge >= 0.3 is 0 Å². The average Bonchev–Trinajstić information content (AvgIpc) is 3.14. The second kappa shape index (κ2) is 8.66. The molecule has 1 saturated heterocycles. The molecule has 4 rings (SSSR count). The van der Waals surface area contributed by atoms with Crippen LogP contribution in [0.5, 0.6) is 5.75 Å². The Kier molecular flexibility index (Phi) is 5.80. The molecule has 0 atom stereocenters. The summed E-state index contributed by atoms with van der Waals surface area (Å²) in [5.41, 5.74) is 1.59. The summed E-state index contributed by atoms with van der Waals surface area (Å²) in [6, 6.07) is 10.1. The first-order chi connectivity index (χ1) is 14.5. The molecule has 9 heteroatoms. The number of nitrogens with zero attached hydrogens (tertiary/aromatic N) is 3. The largest absolute Gasteiger partial charge is 0.491 e. The summed E-state index contributed by atoms with van der Waals surface area (Å²) in [4.78, 5) is 17.3. The number of hydrogen-bond acceptors (Lipinski definition) is 7. The van der Waals surface area contributed by atoms with Gasteiger partial charge in [-0.1, -0.05) is 12.1 Å². The monoisotopic (exact) mass is 414 g/mol. The van der Waals surface area contributed by atoms with Crippen LogP contribution in [0.4, 0.5) is 16.1 Å². The van der Waals surface area contributed by atoms with E-state index in [2.05, 4.69) is 15.2 Å². The van der Waals surface area contributed by atoms with E-state index in [0.717, 1.165) is 38.0 Å². The van der Waals surface area contributed by atoms with Gasteiger partial charge in [-0.2, -0.15) is 4.98 Å². The lowest BCUT2D eigenvalue weighted by atomic mass is 10.0. The van der Waals surface area contributed by atoms with Gasteiger partial charge in [0.05, 0.1) is 11.5 Å². The molecule has 3 aromatic rings. The Morgan fingerprint density at radius 2 is 2.13 bits per heavy atom. The van der Waals surface area contributed by atoms with E-state index in [-0.39, 0.29) is 28.8 Å². The summed E-state index contributed by atoms with van der Waals surface area (Å²) in [6.07, 6.45) is 1.75. The number of nitro benzene ring substituents is 1. The second-order valence-electron chi connectivity index (χ2n) is 7.29. The molecule has 0 saturated carbocycles. The number of hydrogen-bond donors (Lipinski definition) is 1. The van der Waals surface area contributed by atoms with Crippen LogP contribution < -0.4 is 10.1 Å². The summed E-state index contributed by atoms with van der Waals surface area (Å²) < 4.78 is 24.7. The minimum absolute atomic E-state index is 0.0650. The van der Waals surface area contributed by atoms with Gasteiger partial charge in [-0.3, -0.25) is 15.0 Å². The van der Waals surface area contributed by atoms with Gasteiger partial charge in [0.25, 0.3) is 11.7 Å². The van der Waals surface area contributed by atoms with Gasteiger partial charge in [0.15, 0.2) is 22.7 Å². The Balaban J connectivity index is 1.35. The van der Waals surface area contributed by atoms with Crippen molar-refractivity contribution < 1.29 is 18.5 Å². The van der Waals surface area contributed by atoms with Crippen molar-refractivity contribution in [2.24, 2.45) is 0 Å². The fraction of sp³-hybridized carbons (Fsp3) is 0.381. The lowest BCUT2D eigenvalue weighted by molar-refractivity contribution is -0.383. The van der Waals surface area contributed by atoms with Crippen LogP contribution in [0.3, 0.4) is 0 Å². The number of benzene rings is 2. The van der Waals surface area contributed by atoms with Crippen molar-refractivity contribution >= 4 is 22.8 Å². The van der Waals surface area contributed by atoms with Gasteiger partial charge in [-0.25, -0.2) is 4.39 Å². The maximum Gasteiger partial charge on any atom is 0.298 e. The molecule has 0 amide bonds. The number of piperidine rings is 1. The summed E-state index contributed by atoms with van der Waals surface area (Å²) >= 11 is 0. The number of non-ortho nitro benzene ring substituents is 1. The molecule has 2 heterocycles. The summed E-state index contributed by atoms with van der Waals surface area (Å²) in [6.45, 7) is 4.70. The van der Waals surface area contributed by atoms with Gasteiger partial charge in [-0.15, -0.1) is 0 Å². The first kappa shape index (κ1) is 20.1. The lowest BCUT2D eigenvalue weighted by Crippen LogP contribution is -2.38. The highest BCUT2D eigenvalue weighted by Gasteiger charge is 2.23. The fourth-order valence-corrected chi connectivity index (χ4v) is 3.72. The van der Waals surface area contributed by atoms with E-state index in [1.54, 1.807) is 24.3 Å². The van der Waals surface area contributed by atoms with E-state index in [4.69, 9.17) is 9.15 Å². The zero-order chi connectivity index (χ0) is 21.1. The van der Waals surface area contributed by atoms with Crippen LogP contribution >= 0.6 is 0 Å². The molecule has 8 nitrogen and oxygen atoms in total. The summed E-state index contributed by atoms with van der Waals surface area (Å²) in [5.74, 6) is -0.0568. The summed E-state index contributed by atoms with van der Waals surface area (Å²) in [7, 11) is 0. The standard InChI is InChI=1S/C21H23FN4O4/c1-2-29-19-12-14(6-7-16(19)22)13-25-10-8-15(9-11-25)23-21-24-20-17(26(27)28)4-3-5-18(20)30-21/h3-7,12,15H,2,8-11,13H2,1H3,(H,23,24). The number of aromatic nitrogens is 1. The van der Waals surface area contributed by atoms with Crippen molar-refractivity contribution in [3.05, 3.63) is 57.9 Å². The number of rotatable bonds is 7. The highest BCUT2D eigenvalue weighted by molar-refractivity contribution is 5.84. The van der Waals surface area contributed by atoms with Gasteiger partial charge in [0.2, 0.25) is 0 Å². The van der Waals surface area contributed by atoms with Crippen LogP contribution in [0.15, 0.2) is 40.8 Å². The fourth-order valence-electron chi connectivity index (χ4n) is 3.72. The highest BCUT2D eigenvalue weighted by Crippen LogP contribution is 2.28. The third-order valence-corrected chi connectivity index (χ3v) is 5.21. The third-order valence-electron chi connectivity index (χ3n) is 5.21. The molecule has 0 unspecified atom stereocenters. The number of oxazole rings is 1. The molecule has 1 aliphatic rings. The third kappa shape index (κ3) is 4.35. The number of nitrogens with one attached hydrogen (secondary N) is 1. The Morgan fingerprint density at radius 1 is 1.33 bits per heavy atom. The zero-order valence-electron chi connectivity index (χ0n) is 16.6. The minimum Gasteiger partial charge on any atom is -0.491 e. The first-order valence-corrected chi connectivity index (χ1v) is 9.97. The van der Waals surface area contributed by atoms with Gasteiger partial charge in [0, 0.05) is 31.7 Å². The van der Waals surface area contributed by atoms with Crippen molar-refractivity contribution in [2.45, 2.75) is 32.4 Å². The SMILES string of the molecule is CCOc1cc(CN2CCC(Nc3nc4c([N+](=O)[O-])cccc4o3)CC2)ccc1F. The number of para-hydroxylation sites is 1. The number of nitro groups is 1. The zero-order valence-corrected chi connectivity index (χ0v) is 16.6. The van der Waals surface area contributed by atoms with Crippen LogP contribution in [-0.4, -0.2) is 40.5 Å². The number of anilines is 1. The van der Waals surface area contributed by atoms with Crippen molar-refractivity contribution in [2.75, 3.05) is 25.0 Å². The smallest absolute Gasteiger partial charge is 0.298 e. The molecule has 0 aliphatic carbocycles. The van der Waals surface area contributed by atoms with Crippen LogP contribution in [-0.2, 0) is 6.54 Å². The maximum absolute atomic E-state index is 13.7. The molecule has 1 aliphatic heterocycles. The predicted molar refractivity (Wildman–Crippen MR) is 110 cm³/mol. The molecule has 0 radical (unpaired) electrons. The minimum atomic E-state index is -0.459. The van der Waals surface area contributed by atoms with E-state index in [9.17, 15) is 14.5 Å². The second-order valence-corrected chi connectivity index (χ2v) is 7.29. The molecular weight excluding hydrogens is 391 g/mol. The normalized spacial score (nSPS) is 15.4. The topological polar surface area (TPSA) is 93.7 Å². The number of likely N-dealkylation sites (tertiary alicyclic amines) is 1. The Labute approximate surface area is 172 Å². The molecule has 0 spiro atoms. The number of fused-ring (bicyclic) bond motifs is 1. The van der Waals surface area contributed by atoms with Gasteiger partial charge in [-0.05, 0) is 43.5 Å². The van der Waals surface area contributed by atoms with E-state index in [0.29, 0.717) is 18.2 Å². The van der Waals surface area contributed by atoms with Crippen molar-refractivity contribution in [3.8, 4) is 5.75 Å². The Bertz CT molecular complexity index is 1050. The molecule has 1 N–H and O–H groups in total. The van der Waals surface area contributed by atoms with Crippen molar-refractivity contribution in [1.82, 2.24) is 9.88 Å². The average molecular weight is 414 g/mol. The Hall–Kier alpha value is -3.20. The number of ether oxygens (including phenoxy) is 1. The number of halogens is 1. The molecule has 158 valence electrons. The van der Waals surface area contributed by atoms with Crippen LogP contribution in [0, 0.1) is 15.9 Å². The van der Waals surface area contributed by atoms with E-state index in [1.165, 1.54) is 12.1 Å². The quantitative estimate of drug-likeness (QED) is 0.454. The highest BCUT2D eigenvalue weighted by atomic mass is 19.1. The first-order valence-electron chi connectivity index (χ1n) is 9.97. The maximum atomic E-state index is 13.7. The van der Waals surface area contributed by atoms with E-state index >= 15 is 0 Å². The molecule has 2 aromatic carbocycles. The van der Waals surface area contributed by atoms with Crippen LogP contribution in [0.1, 0.15) is 25.3 Å². The van der Waals surface area contributed by atoms with Crippen molar-refractivity contribution in [3.63, 3.8) is 0 Å². The van der Waals surface area contributed by atoms with Crippen LogP contribution in [0.2, 0.25) is 0 Å².